The summed E-state index contributed by atoms with van der Waals surface area (Å²) in [6, 6.07) is 25.1. The number of hydrogen-bond acceptors (Lipinski definition) is 13. The molecule has 4 aromatic rings. The maximum absolute atomic E-state index is 12.3. The van der Waals surface area contributed by atoms with Gasteiger partial charge in [-0.15, -0.1) is 0 Å². The normalized spacial score (nSPS) is 13.5. The van der Waals surface area contributed by atoms with Crippen LogP contribution in [0, 0.1) is 5.92 Å². The smallest absolute Gasteiger partial charge is 0.480 e. The number of nitrogens with two attached hydrogens (primary N) is 1. The molecule has 64 heavy (non-hydrogen) atoms. The number of amides is 2. The number of rotatable bonds is 12. The number of fused-ring (bicyclic) bond motifs is 2. The molecular formula is C46H61B2N3O13. The van der Waals surface area contributed by atoms with Crippen molar-refractivity contribution in [3.63, 3.8) is 0 Å². The van der Waals surface area contributed by atoms with Gasteiger partial charge in [-0.2, -0.15) is 0 Å². The van der Waals surface area contributed by atoms with Gasteiger partial charge in [-0.05, 0) is 130 Å². The second-order valence-electron chi connectivity index (χ2n) is 16.9. The second-order valence-corrected chi connectivity index (χ2v) is 16.9. The number of esters is 1. The van der Waals surface area contributed by atoms with E-state index in [-0.39, 0.29) is 25.7 Å². The van der Waals surface area contributed by atoms with Gasteiger partial charge in [0.05, 0.1) is 19.6 Å². The number of carbonyl (C=O) groups excluding carboxylic acids is 3. The number of ether oxygens (including phenoxy) is 4. The molecule has 2 amide bonds. The van der Waals surface area contributed by atoms with E-state index in [2.05, 4.69) is 10.6 Å². The Morgan fingerprint density at radius 3 is 1.56 bits per heavy atom. The first kappa shape index (κ1) is 52.4. The third kappa shape index (κ3) is 17.3. The molecule has 4 aromatic carbocycles. The number of nitrogens with one attached hydrogen (secondary N) is 2. The first-order valence-electron chi connectivity index (χ1n) is 20.4. The molecule has 16 nitrogen and oxygen atoms in total. The standard InChI is InChI=1S/C23H28BNO6.C14H14BNO3.C8H15NO4.CH4/c1-15(11-21(26)31-23(2,3)4)22(27)25-13-16-5-7-18(8-6-16)30-19-9-10-20-17(12-19)14-29-24(20)28;16-8-10-1-3-12(4-2-10)19-13-5-6-14-11(7-13)9-18-15(14)17;1-5(6(10)11)9-7(12)13-8(2,3)4;/h5-10,12,15,28H,11,13-14H2,1-4H3,(H,25,27);1-7,17H,8-9,16H2;5H,1-4H3,(H,9,12)(H,10,11);1H4. The first-order valence-corrected chi connectivity index (χ1v) is 20.4. The number of hydrogen-bond donors (Lipinski definition) is 6. The molecule has 0 saturated heterocycles. The average molecular weight is 886 g/mol. The molecule has 2 heterocycles. The Kier molecular flexibility index (Phi) is 19.4. The van der Waals surface area contributed by atoms with Crippen LogP contribution in [0.2, 0.25) is 0 Å². The third-order valence-corrected chi connectivity index (χ3v) is 9.02. The molecule has 0 aliphatic carbocycles. The van der Waals surface area contributed by atoms with Crippen LogP contribution in [-0.2, 0) is 59.5 Å². The lowest BCUT2D eigenvalue weighted by Gasteiger charge is -2.20. The Bertz CT molecular complexity index is 2180. The van der Waals surface area contributed by atoms with Gasteiger partial charge in [0.15, 0.2) is 0 Å². The molecule has 6 rings (SSSR count). The van der Waals surface area contributed by atoms with Crippen molar-refractivity contribution in [1.82, 2.24) is 10.6 Å². The summed E-state index contributed by atoms with van der Waals surface area (Å²) < 4.78 is 32.1. The van der Waals surface area contributed by atoms with Crippen LogP contribution in [-0.4, -0.2) is 70.6 Å². The van der Waals surface area contributed by atoms with E-state index in [0.29, 0.717) is 37.8 Å². The van der Waals surface area contributed by atoms with E-state index in [4.69, 9.17) is 39.1 Å². The van der Waals surface area contributed by atoms with Crippen molar-refractivity contribution < 1.29 is 62.6 Å². The van der Waals surface area contributed by atoms with Crippen LogP contribution in [0.4, 0.5) is 4.79 Å². The van der Waals surface area contributed by atoms with Gasteiger partial charge in [0.2, 0.25) is 5.91 Å². The molecule has 2 aliphatic rings. The van der Waals surface area contributed by atoms with Crippen molar-refractivity contribution in [3.8, 4) is 23.0 Å². The van der Waals surface area contributed by atoms with Gasteiger partial charge in [0, 0.05) is 19.0 Å². The molecule has 2 unspecified atom stereocenters. The van der Waals surface area contributed by atoms with Crippen molar-refractivity contribution in [1.29, 1.82) is 0 Å². The lowest BCUT2D eigenvalue weighted by Crippen LogP contribution is -2.41. The Balaban J connectivity index is 0.000000281. The largest absolute Gasteiger partial charge is 0.491 e. The van der Waals surface area contributed by atoms with Crippen LogP contribution in [0.25, 0.3) is 0 Å². The molecule has 0 fully saturated rings. The number of aliphatic carboxylic acids is 1. The van der Waals surface area contributed by atoms with E-state index in [0.717, 1.165) is 44.7 Å². The Hall–Kier alpha value is -5.91. The molecule has 0 radical (unpaired) electrons. The fourth-order valence-corrected chi connectivity index (χ4v) is 5.82. The second kappa shape index (κ2) is 23.7. The summed E-state index contributed by atoms with van der Waals surface area (Å²) in [7, 11) is -1.68. The van der Waals surface area contributed by atoms with Crippen LogP contribution in [0.1, 0.15) is 91.5 Å². The SMILES string of the molecule is C.CC(CC(=O)OC(C)(C)C)C(=O)NCc1ccc(Oc2ccc3c(c2)COB3O)cc1.CC(NC(=O)OC(C)(C)C)C(=O)O.NCc1ccc(Oc2ccc3c(c2)COB3O)cc1. The van der Waals surface area contributed by atoms with Gasteiger partial charge in [0.1, 0.15) is 40.2 Å². The molecule has 2 aliphatic heterocycles. The molecule has 0 spiro atoms. The number of benzene rings is 4. The quantitative estimate of drug-likeness (QED) is 0.0767. The highest BCUT2D eigenvalue weighted by Gasteiger charge is 2.28. The summed E-state index contributed by atoms with van der Waals surface area (Å²) in [5, 5.41) is 32.7. The molecule has 0 bridgehead atoms. The summed E-state index contributed by atoms with van der Waals surface area (Å²) in [6.07, 6.45) is -0.680. The van der Waals surface area contributed by atoms with Crippen molar-refractivity contribution in [2.75, 3.05) is 0 Å². The topological polar surface area (TPSA) is 234 Å². The molecule has 0 saturated carbocycles. The van der Waals surface area contributed by atoms with Crippen LogP contribution >= 0.6 is 0 Å². The van der Waals surface area contributed by atoms with Gasteiger partial charge in [-0.3, -0.25) is 14.4 Å². The van der Waals surface area contributed by atoms with Crippen molar-refractivity contribution in [3.05, 3.63) is 107 Å². The van der Waals surface area contributed by atoms with Crippen LogP contribution in [0.15, 0.2) is 84.9 Å². The van der Waals surface area contributed by atoms with Gasteiger partial charge in [-0.25, -0.2) is 4.79 Å². The Labute approximate surface area is 376 Å². The minimum atomic E-state index is -1.09. The maximum Gasteiger partial charge on any atom is 0.491 e. The number of carboxylic acids is 1. The predicted octanol–water partition coefficient (Wildman–Crippen LogP) is 5.46. The highest BCUT2D eigenvalue weighted by atomic mass is 16.6. The zero-order valence-electron chi connectivity index (χ0n) is 36.9. The van der Waals surface area contributed by atoms with E-state index in [1.165, 1.54) is 6.92 Å². The highest BCUT2D eigenvalue weighted by Crippen LogP contribution is 2.26. The van der Waals surface area contributed by atoms with Crippen molar-refractivity contribution in [2.45, 2.75) is 113 Å². The molecule has 18 heteroatoms. The fourth-order valence-electron chi connectivity index (χ4n) is 5.82. The molecular weight excluding hydrogens is 824 g/mol. The predicted molar refractivity (Wildman–Crippen MR) is 243 cm³/mol. The number of carboxylic acid groups (broad SMARTS) is 1. The van der Waals surface area contributed by atoms with Gasteiger partial charge in [-0.1, -0.05) is 50.7 Å². The molecule has 7 N–H and O–H groups in total. The molecule has 344 valence electrons. The lowest BCUT2D eigenvalue weighted by molar-refractivity contribution is -0.157. The number of alkyl carbamates (subject to hydrolysis) is 1. The maximum atomic E-state index is 12.3. The van der Waals surface area contributed by atoms with E-state index < -0.39 is 49.5 Å². The van der Waals surface area contributed by atoms with Crippen LogP contribution in [0.3, 0.4) is 0 Å². The van der Waals surface area contributed by atoms with Crippen molar-refractivity contribution >= 4 is 49.1 Å². The van der Waals surface area contributed by atoms with Crippen LogP contribution in [0.5, 0.6) is 23.0 Å². The monoisotopic (exact) mass is 885 g/mol. The first-order chi connectivity index (χ1) is 29.6. The lowest BCUT2D eigenvalue weighted by atomic mass is 9.80. The zero-order chi connectivity index (χ0) is 46.5. The summed E-state index contributed by atoms with van der Waals surface area (Å²) >= 11 is 0. The summed E-state index contributed by atoms with van der Waals surface area (Å²) in [5.41, 5.74) is 9.80. The summed E-state index contributed by atoms with van der Waals surface area (Å²) in [6.45, 7) is 15.2. The average Bonchev–Trinajstić information content (AvgIpc) is 3.77. The Morgan fingerprint density at radius 1 is 0.703 bits per heavy atom. The van der Waals surface area contributed by atoms with E-state index in [9.17, 15) is 29.2 Å². The van der Waals surface area contributed by atoms with E-state index in [1.807, 2.05) is 72.8 Å². The highest BCUT2D eigenvalue weighted by molar-refractivity contribution is 6.62. The summed E-state index contributed by atoms with van der Waals surface area (Å²) in [5.74, 6) is 0.665. The van der Waals surface area contributed by atoms with Gasteiger partial charge >= 0.3 is 32.3 Å². The van der Waals surface area contributed by atoms with Crippen LogP contribution < -0.4 is 36.8 Å². The summed E-state index contributed by atoms with van der Waals surface area (Å²) in [4.78, 5) is 45.5. The minimum Gasteiger partial charge on any atom is -0.480 e. The number of carbonyl (C=O) groups is 4. The minimum absolute atomic E-state index is 0. The van der Waals surface area contributed by atoms with E-state index in [1.54, 1.807) is 60.6 Å². The fraction of sp³-hybridized carbons (Fsp3) is 0.391. The molecule has 0 aromatic heterocycles. The van der Waals surface area contributed by atoms with E-state index >= 15 is 0 Å². The van der Waals surface area contributed by atoms with Gasteiger partial charge in [0.25, 0.3) is 0 Å². The molecule has 2 atom stereocenters. The van der Waals surface area contributed by atoms with Crippen molar-refractivity contribution in [2.24, 2.45) is 11.7 Å². The zero-order valence-corrected chi connectivity index (χ0v) is 36.9. The third-order valence-electron chi connectivity index (χ3n) is 9.02. The van der Waals surface area contributed by atoms with Gasteiger partial charge < -0.3 is 59.8 Å². The Morgan fingerprint density at radius 2 is 1.14 bits per heavy atom.